The molecular weight excluding hydrogens is 316 g/mol. The van der Waals surface area contributed by atoms with Gasteiger partial charge in [0.05, 0.1) is 17.9 Å². The number of carbonyl (C=O) groups excluding carboxylic acids is 1. The van der Waals surface area contributed by atoms with E-state index in [0.717, 1.165) is 24.7 Å². The molecule has 0 bridgehead atoms. The lowest BCUT2D eigenvalue weighted by Gasteiger charge is -2.32. The van der Waals surface area contributed by atoms with Gasteiger partial charge in [-0.3, -0.25) is 0 Å². The molecular formula is C15H20N4O3S. The van der Waals surface area contributed by atoms with Gasteiger partial charge in [0.25, 0.3) is 0 Å². The molecule has 0 saturated carbocycles. The molecule has 1 aliphatic heterocycles. The summed E-state index contributed by atoms with van der Waals surface area (Å²) in [5.74, 6) is 0. The second kappa shape index (κ2) is 7.44. The number of likely N-dealkylation sites (tertiary alicyclic amines) is 1. The Labute approximate surface area is 136 Å². The first-order chi connectivity index (χ1) is 10.9. The lowest BCUT2D eigenvalue weighted by atomic mass is 10.1. The molecule has 23 heavy (non-hydrogen) atoms. The topological polar surface area (TPSA) is 102 Å². The molecule has 1 fully saturated rings. The van der Waals surface area contributed by atoms with Crippen LogP contribution in [0.1, 0.15) is 24.0 Å². The van der Waals surface area contributed by atoms with Crippen LogP contribution in [-0.2, 0) is 16.6 Å². The Bertz CT molecular complexity index is 694. The summed E-state index contributed by atoms with van der Waals surface area (Å²) in [7, 11) is -3.27. The van der Waals surface area contributed by atoms with Crippen LogP contribution in [0.15, 0.2) is 24.3 Å². The van der Waals surface area contributed by atoms with Crippen LogP contribution in [0.2, 0.25) is 0 Å². The number of hydrogen-bond acceptors (Lipinski definition) is 4. The van der Waals surface area contributed by atoms with Crippen LogP contribution >= 0.6 is 0 Å². The van der Waals surface area contributed by atoms with E-state index in [1.807, 2.05) is 6.07 Å². The second-order valence-corrected chi connectivity index (χ2v) is 7.42. The van der Waals surface area contributed by atoms with Crippen LogP contribution < -0.4 is 10.0 Å². The third-order valence-electron chi connectivity index (χ3n) is 3.62. The van der Waals surface area contributed by atoms with Crippen molar-refractivity contribution in [3.8, 4) is 6.07 Å². The molecule has 0 spiro atoms. The van der Waals surface area contributed by atoms with E-state index in [1.165, 1.54) is 0 Å². The molecule has 1 atom stereocenters. The zero-order chi connectivity index (χ0) is 16.9. The van der Waals surface area contributed by atoms with E-state index in [4.69, 9.17) is 5.26 Å². The monoisotopic (exact) mass is 336 g/mol. The molecule has 1 saturated heterocycles. The summed E-state index contributed by atoms with van der Waals surface area (Å²) in [5, 5.41) is 11.6. The van der Waals surface area contributed by atoms with Gasteiger partial charge in [-0.05, 0) is 30.5 Å². The molecule has 1 aromatic rings. The van der Waals surface area contributed by atoms with E-state index in [1.54, 1.807) is 29.2 Å². The first kappa shape index (κ1) is 17.2. The predicted molar refractivity (Wildman–Crippen MR) is 86.0 cm³/mol. The lowest BCUT2D eigenvalue weighted by molar-refractivity contribution is 0.177. The van der Waals surface area contributed by atoms with E-state index in [2.05, 4.69) is 10.0 Å². The minimum atomic E-state index is -3.27. The highest BCUT2D eigenvalue weighted by Crippen LogP contribution is 2.11. The number of nitriles is 1. The van der Waals surface area contributed by atoms with E-state index < -0.39 is 10.0 Å². The van der Waals surface area contributed by atoms with Gasteiger partial charge in [0.15, 0.2) is 0 Å². The smallest absolute Gasteiger partial charge is 0.317 e. The number of piperidine rings is 1. The Morgan fingerprint density at radius 1 is 1.39 bits per heavy atom. The van der Waals surface area contributed by atoms with Crippen LogP contribution in [0.25, 0.3) is 0 Å². The highest BCUT2D eigenvalue weighted by atomic mass is 32.2. The molecule has 2 amide bonds. The summed E-state index contributed by atoms with van der Waals surface area (Å²) < 4.78 is 25.1. The van der Waals surface area contributed by atoms with E-state index in [0.29, 0.717) is 25.2 Å². The van der Waals surface area contributed by atoms with Crippen molar-refractivity contribution < 1.29 is 13.2 Å². The Morgan fingerprint density at radius 3 is 2.70 bits per heavy atom. The zero-order valence-electron chi connectivity index (χ0n) is 12.9. The number of rotatable bonds is 4. The Balaban J connectivity index is 1.86. The normalized spacial score (nSPS) is 18.3. The minimum Gasteiger partial charge on any atom is -0.334 e. The van der Waals surface area contributed by atoms with Crippen molar-refractivity contribution in [3.05, 3.63) is 35.4 Å². The molecule has 1 aromatic carbocycles. The molecule has 2 rings (SSSR count). The third kappa shape index (κ3) is 5.54. The highest BCUT2D eigenvalue weighted by molar-refractivity contribution is 7.88. The molecule has 0 aromatic heterocycles. The van der Waals surface area contributed by atoms with Gasteiger partial charge in [0.2, 0.25) is 10.0 Å². The number of sulfonamides is 1. The average molecular weight is 336 g/mol. The van der Waals surface area contributed by atoms with Gasteiger partial charge in [-0.25, -0.2) is 17.9 Å². The van der Waals surface area contributed by atoms with Crippen molar-refractivity contribution in [3.63, 3.8) is 0 Å². The van der Waals surface area contributed by atoms with E-state index in [-0.39, 0.29) is 12.1 Å². The summed E-state index contributed by atoms with van der Waals surface area (Å²) in [6.07, 6.45) is 2.61. The van der Waals surface area contributed by atoms with Gasteiger partial charge < -0.3 is 10.2 Å². The van der Waals surface area contributed by atoms with Crippen LogP contribution in [-0.4, -0.2) is 44.7 Å². The molecule has 1 aliphatic rings. The maximum atomic E-state index is 12.2. The van der Waals surface area contributed by atoms with Gasteiger partial charge in [-0.15, -0.1) is 0 Å². The van der Waals surface area contributed by atoms with E-state index >= 15 is 0 Å². The maximum Gasteiger partial charge on any atom is 0.317 e. The quantitative estimate of drug-likeness (QED) is 0.848. The van der Waals surface area contributed by atoms with Crippen LogP contribution in [0, 0.1) is 11.3 Å². The molecule has 0 aliphatic carbocycles. The van der Waals surface area contributed by atoms with Gasteiger partial charge in [-0.1, -0.05) is 12.1 Å². The zero-order valence-corrected chi connectivity index (χ0v) is 13.8. The minimum absolute atomic E-state index is 0.214. The SMILES string of the molecule is CS(=O)(=O)N[C@@H]1CCCN(C(=O)NCc2ccc(C#N)cc2)C1. The van der Waals surface area contributed by atoms with Gasteiger partial charge in [-0.2, -0.15) is 5.26 Å². The average Bonchev–Trinajstić information content (AvgIpc) is 2.51. The molecule has 124 valence electrons. The summed E-state index contributed by atoms with van der Waals surface area (Å²) in [5.41, 5.74) is 1.48. The Morgan fingerprint density at radius 2 is 2.09 bits per heavy atom. The van der Waals surface area contributed by atoms with Crippen molar-refractivity contribution in [2.75, 3.05) is 19.3 Å². The predicted octanol–water partition coefficient (Wildman–Crippen LogP) is 0.781. The maximum absolute atomic E-state index is 12.2. The Hall–Kier alpha value is -2.11. The number of benzene rings is 1. The summed E-state index contributed by atoms with van der Waals surface area (Å²) >= 11 is 0. The highest BCUT2D eigenvalue weighted by Gasteiger charge is 2.25. The number of nitrogens with zero attached hydrogens (tertiary/aromatic N) is 2. The van der Waals surface area contributed by atoms with Gasteiger partial charge in [0, 0.05) is 25.7 Å². The molecule has 7 nitrogen and oxygen atoms in total. The van der Waals surface area contributed by atoms with Crippen molar-refractivity contribution in [2.45, 2.75) is 25.4 Å². The molecule has 8 heteroatoms. The van der Waals surface area contributed by atoms with Crippen molar-refractivity contribution in [1.82, 2.24) is 14.9 Å². The Kier molecular flexibility index (Phi) is 5.58. The van der Waals surface area contributed by atoms with Crippen LogP contribution in [0.3, 0.4) is 0 Å². The fraction of sp³-hybridized carbons (Fsp3) is 0.467. The molecule has 0 radical (unpaired) electrons. The van der Waals surface area contributed by atoms with E-state index in [9.17, 15) is 13.2 Å². The van der Waals surface area contributed by atoms with Crippen molar-refractivity contribution in [2.24, 2.45) is 0 Å². The number of hydrogen-bond donors (Lipinski definition) is 2. The number of nitrogens with one attached hydrogen (secondary N) is 2. The molecule has 0 unspecified atom stereocenters. The second-order valence-electron chi connectivity index (χ2n) is 5.64. The number of amides is 2. The fourth-order valence-electron chi connectivity index (χ4n) is 2.55. The number of urea groups is 1. The number of carbonyl (C=O) groups is 1. The van der Waals surface area contributed by atoms with Gasteiger partial charge >= 0.3 is 6.03 Å². The third-order valence-corrected chi connectivity index (χ3v) is 4.38. The van der Waals surface area contributed by atoms with Crippen LogP contribution in [0.4, 0.5) is 4.79 Å². The molecule has 1 heterocycles. The van der Waals surface area contributed by atoms with Crippen molar-refractivity contribution in [1.29, 1.82) is 5.26 Å². The van der Waals surface area contributed by atoms with Crippen molar-refractivity contribution >= 4 is 16.1 Å². The molecule has 2 N–H and O–H groups in total. The summed E-state index contributed by atoms with van der Waals surface area (Å²) in [4.78, 5) is 13.8. The standard InChI is InChI=1S/C15H20N4O3S/c1-23(21,22)18-14-3-2-8-19(11-14)15(20)17-10-13-6-4-12(9-16)5-7-13/h4-7,14,18H,2-3,8,10-11H2,1H3,(H,17,20)/t14-/m1/s1. The fourth-order valence-corrected chi connectivity index (χ4v) is 3.35. The first-order valence-electron chi connectivity index (χ1n) is 7.36. The largest absolute Gasteiger partial charge is 0.334 e. The van der Waals surface area contributed by atoms with Gasteiger partial charge in [0.1, 0.15) is 0 Å². The first-order valence-corrected chi connectivity index (χ1v) is 9.25. The lowest BCUT2D eigenvalue weighted by Crippen LogP contribution is -2.51. The van der Waals surface area contributed by atoms with Crippen LogP contribution in [0.5, 0.6) is 0 Å². The summed E-state index contributed by atoms with van der Waals surface area (Å²) in [6, 6.07) is 8.59. The summed E-state index contributed by atoms with van der Waals surface area (Å²) in [6.45, 7) is 1.35.